The molecular weight excluding hydrogens is 252 g/mol. The predicted octanol–water partition coefficient (Wildman–Crippen LogP) is 1.45. The van der Waals surface area contributed by atoms with Gasteiger partial charge in [-0.25, -0.2) is 4.98 Å². The third-order valence-electron chi connectivity index (χ3n) is 4.10. The molecule has 1 unspecified atom stereocenters. The molecule has 2 heterocycles. The van der Waals surface area contributed by atoms with E-state index in [-0.39, 0.29) is 11.9 Å². The fourth-order valence-electron chi connectivity index (χ4n) is 2.83. The first kappa shape index (κ1) is 13.1. The number of carbonyl (C=O) groups is 1. The van der Waals surface area contributed by atoms with Gasteiger partial charge >= 0.3 is 0 Å². The summed E-state index contributed by atoms with van der Waals surface area (Å²) in [6, 6.07) is 5.83. The Morgan fingerprint density at radius 3 is 3.00 bits per heavy atom. The van der Waals surface area contributed by atoms with Crippen LogP contribution in [0.15, 0.2) is 18.2 Å². The van der Waals surface area contributed by atoms with Crippen molar-refractivity contribution in [1.82, 2.24) is 14.5 Å². The van der Waals surface area contributed by atoms with Gasteiger partial charge in [0.15, 0.2) is 0 Å². The van der Waals surface area contributed by atoms with Gasteiger partial charge < -0.3 is 15.2 Å². The highest BCUT2D eigenvalue weighted by Gasteiger charge is 2.22. The molecule has 106 valence electrons. The molecule has 0 spiro atoms. The summed E-state index contributed by atoms with van der Waals surface area (Å²) in [5.41, 5.74) is 8.57. The Kier molecular flexibility index (Phi) is 3.22. The topological polar surface area (TPSA) is 64.2 Å². The maximum absolute atomic E-state index is 12.5. The molecule has 0 bridgehead atoms. The van der Waals surface area contributed by atoms with E-state index in [1.165, 1.54) is 0 Å². The smallest absolute Gasteiger partial charge is 0.253 e. The highest BCUT2D eigenvalue weighted by atomic mass is 16.2. The number of aromatic nitrogens is 2. The van der Waals surface area contributed by atoms with Crippen molar-refractivity contribution >= 4 is 16.9 Å². The summed E-state index contributed by atoms with van der Waals surface area (Å²) in [6.45, 7) is 3.41. The number of aryl methyl sites for hydroxylation is 2. The Morgan fingerprint density at radius 1 is 1.45 bits per heavy atom. The van der Waals surface area contributed by atoms with Crippen LogP contribution in [0.2, 0.25) is 0 Å². The number of fused-ring (bicyclic) bond motifs is 1. The number of amides is 1. The number of benzene rings is 1. The van der Waals surface area contributed by atoms with Gasteiger partial charge in [0.1, 0.15) is 5.82 Å². The van der Waals surface area contributed by atoms with Crippen LogP contribution in [0.4, 0.5) is 0 Å². The summed E-state index contributed by atoms with van der Waals surface area (Å²) < 4.78 is 2.03. The van der Waals surface area contributed by atoms with Crippen molar-refractivity contribution < 1.29 is 4.79 Å². The molecule has 2 aromatic rings. The second-order valence-corrected chi connectivity index (χ2v) is 5.58. The number of hydrogen-bond donors (Lipinski definition) is 1. The Bertz CT molecular complexity index is 661. The van der Waals surface area contributed by atoms with Gasteiger partial charge in [-0.1, -0.05) is 0 Å². The number of nitrogens with zero attached hydrogens (tertiary/aromatic N) is 3. The third-order valence-corrected chi connectivity index (χ3v) is 4.10. The first-order chi connectivity index (χ1) is 9.56. The van der Waals surface area contributed by atoms with Gasteiger partial charge in [-0.05, 0) is 38.0 Å². The van der Waals surface area contributed by atoms with Crippen molar-refractivity contribution in [2.24, 2.45) is 12.8 Å². The average molecular weight is 272 g/mol. The Labute approximate surface area is 118 Å². The number of piperidine rings is 1. The minimum Gasteiger partial charge on any atom is -0.337 e. The van der Waals surface area contributed by atoms with E-state index in [2.05, 4.69) is 4.98 Å². The molecule has 1 aromatic heterocycles. The molecule has 1 aromatic carbocycles. The Morgan fingerprint density at radius 2 is 2.25 bits per heavy atom. The molecule has 1 amide bonds. The molecule has 1 fully saturated rings. The second-order valence-electron chi connectivity index (χ2n) is 5.58. The Balaban J connectivity index is 1.91. The van der Waals surface area contributed by atoms with E-state index < -0.39 is 0 Å². The van der Waals surface area contributed by atoms with E-state index in [1.54, 1.807) is 0 Å². The molecule has 1 saturated heterocycles. The summed E-state index contributed by atoms with van der Waals surface area (Å²) in [5, 5.41) is 0. The monoisotopic (exact) mass is 272 g/mol. The molecule has 20 heavy (non-hydrogen) atoms. The quantitative estimate of drug-likeness (QED) is 0.854. The van der Waals surface area contributed by atoms with Crippen molar-refractivity contribution in [3.8, 4) is 0 Å². The minimum absolute atomic E-state index is 0.0605. The molecule has 3 rings (SSSR count). The molecule has 0 saturated carbocycles. The standard InChI is InChI=1S/C15H20N4O/c1-10-17-13-8-11(5-6-14(13)18(10)2)15(20)19-7-3-4-12(16)9-19/h5-6,8,12H,3-4,7,9,16H2,1-2H3. The van der Waals surface area contributed by atoms with Crippen LogP contribution in [0.3, 0.4) is 0 Å². The van der Waals surface area contributed by atoms with E-state index in [0.717, 1.165) is 36.2 Å². The van der Waals surface area contributed by atoms with E-state index in [1.807, 2.05) is 41.6 Å². The molecule has 5 nitrogen and oxygen atoms in total. The highest BCUT2D eigenvalue weighted by Crippen LogP contribution is 2.19. The van der Waals surface area contributed by atoms with Gasteiger partial charge in [0, 0.05) is 31.7 Å². The number of hydrogen-bond acceptors (Lipinski definition) is 3. The molecule has 1 atom stereocenters. The van der Waals surface area contributed by atoms with Crippen LogP contribution < -0.4 is 5.73 Å². The normalized spacial score (nSPS) is 19.6. The van der Waals surface area contributed by atoms with Crippen molar-refractivity contribution in [3.63, 3.8) is 0 Å². The summed E-state index contributed by atoms with van der Waals surface area (Å²) in [6.07, 6.45) is 1.99. The van der Waals surface area contributed by atoms with E-state index in [0.29, 0.717) is 12.1 Å². The summed E-state index contributed by atoms with van der Waals surface area (Å²) in [5.74, 6) is 1.01. The van der Waals surface area contributed by atoms with Crippen molar-refractivity contribution in [3.05, 3.63) is 29.6 Å². The first-order valence-electron chi connectivity index (χ1n) is 7.04. The van der Waals surface area contributed by atoms with Crippen LogP contribution in [0.25, 0.3) is 11.0 Å². The largest absolute Gasteiger partial charge is 0.337 e. The van der Waals surface area contributed by atoms with Crippen molar-refractivity contribution in [1.29, 1.82) is 0 Å². The van der Waals surface area contributed by atoms with Gasteiger partial charge in [0.2, 0.25) is 0 Å². The van der Waals surface area contributed by atoms with Gasteiger partial charge in [-0.2, -0.15) is 0 Å². The Hall–Kier alpha value is -1.88. The highest BCUT2D eigenvalue weighted by molar-refractivity contribution is 5.97. The molecule has 0 aliphatic carbocycles. The lowest BCUT2D eigenvalue weighted by Gasteiger charge is -2.30. The molecule has 1 aliphatic heterocycles. The SMILES string of the molecule is Cc1nc2cc(C(=O)N3CCCC(N)C3)ccc2n1C. The maximum atomic E-state index is 12.5. The average Bonchev–Trinajstić information content (AvgIpc) is 2.73. The fourth-order valence-corrected chi connectivity index (χ4v) is 2.83. The number of rotatable bonds is 1. The number of likely N-dealkylation sites (tertiary alicyclic amines) is 1. The van der Waals surface area contributed by atoms with Crippen LogP contribution in [0, 0.1) is 6.92 Å². The molecule has 2 N–H and O–H groups in total. The van der Waals surface area contributed by atoms with E-state index in [4.69, 9.17) is 5.73 Å². The van der Waals surface area contributed by atoms with Crippen molar-refractivity contribution in [2.75, 3.05) is 13.1 Å². The van der Waals surface area contributed by atoms with Crippen LogP contribution in [0.5, 0.6) is 0 Å². The van der Waals surface area contributed by atoms with Crippen LogP contribution in [-0.2, 0) is 7.05 Å². The van der Waals surface area contributed by atoms with Crippen LogP contribution in [0.1, 0.15) is 29.0 Å². The maximum Gasteiger partial charge on any atom is 0.253 e. The van der Waals surface area contributed by atoms with Gasteiger partial charge in [-0.15, -0.1) is 0 Å². The second kappa shape index (κ2) is 4.90. The van der Waals surface area contributed by atoms with Crippen LogP contribution in [-0.4, -0.2) is 39.5 Å². The molecule has 5 heteroatoms. The van der Waals surface area contributed by atoms with Gasteiger partial charge in [0.25, 0.3) is 5.91 Å². The predicted molar refractivity (Wildman–Crippen MR) is 78.6 cm³/mol. The molecular formula is C15H20N4O. The lowest BCUT2D eigenvalue weighted by molar-refractivity contribution is 0.0709. The summed E-state index contributed by atoms with van der Waals surface area (Å²) in [7, 11) is 1.98. The lowest BCUT2D eigenvalue weighted by atomic mass is 10.1. The summed E-state index contributed by atoms with van der Waals surface area (Å²) in [4.78, 5) is 18.9. The number of imidazole rings is 1. The molecule has 0 radical (unpaired) electrons. The zero-order valence-electron chi connectivity index (χ0n) is 12.0. The lowest BCUT2D eigenvalue weighted by Crippen LogP contribution is -2.45. The zero-order chi connectivity index (χ0) is 14.3. The van der Waals surface area contributed by atoms with Crippen LogP contribution >= 0.6 is 0 Å². The van der Waals surface area contributed by atoms with E-state index in [9.17, 15) is 4.79 Å². The van der Waals surface area contributed by atoms with Crippen molar-refractivity contribution in [2.45, 2.75) is 25.8 Å². The summed E-state index contributed by atoms with van der Waals surface area (Å²) >= 11 is 0. The van der Waals surface area contributed by atoms with Gasteiger partial charge in [0.05, 0.1) is 11.0 Å². The minimum atomic E-state index is 0.0605. The number of nitrogens with two attached hydrogens (primary N) is 1. The third kappa shape index (κ3) is 2.18. The first-order valence-corrected chi connectivity index (χ1v) is 7.04. The number of carbonyl (C=O) groups excluding carboxylic acids is 1. The zero-order valence-corrected chi connectivity index (χ0v) is 12.0. The van der Waals surface area contributed by atoms with Gasteiger partial charge in [-0.3, -0.25) is 4.79 Å². The molecule has 1 aliphatic rings. The van der Waals surface area contributed by atoms with E-state index >= 15 is 0 Å². The fraction of sp³-hybridized carbons (Fsp3) is 0.467.